The maximum Gasteiger partial charge on any atom is 0.311 e. The van der Waals surface area contributed by atoms with Crippen LogP contribution in [-0.2, 0) is 27.5 Å². The van der Waals surface area contributed by atoms with E-state index >= 15 is 0 Å². The lowest BCUT2D eigenvalue weighted by Gasteiger charge is -2.14. The summed E-state index contributed by atoms with van der Waals surface area (Å²) in [7, 11) is 0. The van der Waals surface area contributed by atoms with Gasteiger partial charge in [0, 0.05) is 13.0 Å². The molecule has 2 aromatic heterocycles. The summed E-state index contributed by atoms with van der Waals surface area (Å²) in [6.07, 6.45) is 1.75. The van der Waals surface area contributed by atoms with E-state index in [9.17, 15) is 9.59 Å². The third kappa shape index (κ3) is 3.41. The van der Waals surface area contributed by atoms with Gasteiger partial charge in [0.15, 0.2) is 0 Å². The van der Waals surface area contributed by atoms with Crippen molar-refractivity contribution in [2.24, 2.45) is 5.92 Å². The summed E-state index contributed by atoms with van der Waals surface area (Å²) in [6, 6.07) is 11.4. The van der Waals surface area contributed by atoms with Crippen molar-refractivity contribution < 1.29 is 18.7 Å². The predicted molar refractivity (Wildman–Crippen MR) is 91.6 cm³/mol. The third-order valence-electron chi connectivity index (χ3n) is 4.15. The number of esters is 1. The van der Waals surface area contributed by atoms with Crippen molar-refractivity contribution in [3.8, 4) is 0 Å². The Morgan fingerprint density at radius 3 is 3.00 bits per heavy atom. The maximum absolute atomic E-state index is 12.3. The topological polar surface area (TPSA) is 72.6 Å². The predicted octanol–water partition coefficient (Wildman–Crippen LogP) is 2.98. The van der Waals surface area contributed by atoms with Crippen molar-refractivity contribution in [3.63, 3.8) is 0 Å². The summed E-state index contributed by atoms with van der Waals surface area (Å²) < 4.78 is 11.7. The zero-order chi connectivity index (χ0) is 17.2. The monoisotopic (exact) mass is 356 g/mol. The van der Waals surface area contributed by atoms with E-state index < -0.39 is 5.92 Å². The second-order valence-corrected chi connectivity index (χ2v) is 7.05. The number of carbonyl (C=O) groups excluding carboxylic acids is 2. The third-order valence-corrected chi connectivity index (χ3v) is 5.16. The largest absolute Gasteiger partial charge is 0.467 e. The number of aromatic nitrogens is 1. The molecule has 0 radical (unpaired) electrons. The highest BCUT2D eigenvalue weighted by Gasteiger charge is 2.35. The molecule has 0 spiro atoms. The van der Waals surface area contributed by atoms with Crippen LogP contribution in [0.4, 0.5) is 0 Å². The second kappa shape index (κ2) is 6.68. The Morgan fingerprint density at radius 1 is 1.32 bits per heavy atom. The minimum absolute atomic E-state index is 0.0571. The van der Waals surface area contributed by atoms with Crippen LogP contribution >= 0.6 is 11.3 Å². The summed E-state index contributed by atoms with van der Waals surface area (Å²) in [5.41, 5.74) is 0.902. The highest BCUT2D eigenvalue weighted by molar-refractivity contribution is 7.18. The zero-order valence-electron chi connectivity index (χ0n) is 13.4. The Labute approximate surface area is 148 Å². The number of ether oxygens (including phenoxy) is 1. The van der Waals surface area contributed by atoms with E-state index in [2.05, 4.69) is 4.98 Å². The lowest BCUT2D eigenvalue weighted by atomic mass is 10.1. The van der Waals surface area contributed by atoms with Gasteiger partial charge in [-0.15, -0.1) is 11.3 Å². The number of nitrogens with zero attached hydrogens (tertiary/aromatic N) is 2. The molecule has 1 aliphatic rings. The average Bonchev–Trinajstić information content (AvgIpc) is 3.33. The van der Waals surface area contributed by atoms with E-state index in [1.54, 1.807) is 17.2 Å². The number of rotatable bonds is 5. The van der Waals surface area contributed by atoms with Gasteiger partial charge < -0.3 is 14.1 Å². The van der Waals surface area contributed by atoms with Gasteiger partial charge in [0.1, 0.15) is 17.4 Å². The van der Waals surface area contributed by atoms with E-state index in [0.717, 1.165) is 15.2 Å². The zero-order valence-corrected chi connectivity index (χ0v) is 14.2. The summed E-state index contributed by atoms with van der Waals surface area (Å²) in [6.45, 7) is 0.882. The van der Waals surface area contributed by atoms with Crippen LogP contribution in [0.3, 0.4) is 0 Å². The molecule has 1 aromatic carbocycles. The second-order valence-electron chi connectivity index (χ2n) is 5.94. The van der Waals surface area contributed by atoms with Crippen LogP contribution in [0.1, 0.15) is 17.2 Å². The van der Waals surface area contributed by atoms with Gasteiger partial charge in [-0.1, -0.05) is 12.1 Å². The number of benzene rings is 1. The molecule has 1 aliphatic heterocycles. The fourth-order valence-corrected chi connectivity index (χ4v) is 3.79. The molecule has 0 N–H and O–H groups in total. The molecule has 128 valence electrons. The number of fused-ring (bicyclic) bond motifs is 1. The SMILES string of the molecule is O=C(OCc1nc2ccccc2s1)[C@@H]1CC(=O)N(Cc2ccco2)C1. The first kappa shape index (κ1) is 15.8. The number of hydrogen-bond acceptors (Lipinski definition) is 6. The number of thiazole rings is 1. The maximum atomic E-state index is 12.3. The van der Waals surface area contributed by atoms with Crippen LogP contribution in [0.5, 0.6) is 0 Å². The van der Waals surface area contributed by atoms with Crippen molar-refractivity contribution in [1.29, 1.82) is 0 Å². The van der Waals surface area contributed by atoms with Crippen LogP contribution in [0, 0.1) is 5.92 Å². The van der Waals surface area contributed by atoms with Crippen molar-refractivity contribution in [2.75, 3.05) is 6.54 Å². The van der Waals surface area contributed by atoms with Gasteiger partial charge in [-0.05, 0) is 24.3 Å². The Morgan fingerprint density at radius 2 is 2.20 bits per heavy atom. The van der Waals surface area contributed by atoms with E-state index in [4.69, 9.17) is 9.15 Å². The normalized spacial score (nSPS) is 17.4. The molecule has 3 aromatic rings. The fourth-order valence-electron chi connectivity index (χ4n) is 2.91. The summed E-state index contributed by atoms with van der Waals surface area (Å²) >= 11 is 1.51. The Balaban J connectivity index is 1.34. The molecule has 25 heavy (non-hydrogen) atoms. The smallest absolute Gasteiger partial charge is 0.311 e. The molecule has 1 atom stereocenters. The van der Waals surface area contributed by atoms with Gasteiger partial charge in [0.2, 0.25) is 5.91 Å². The Hall–Kier alpha value is -2.67. The van der Waals surface area contributed by atoms with E-state index in [1.165, 1.54) is 11.3 Å². The van der Waals surface area contributed by atoms with Gasteiger partial charge in [0.25, 0.3) is 0 Å². The first-order chi connectivity index (χ1) is 12.2. The molecular formula is C18H16N2O4S. The first-order valence-electron chi connectivity index (χ1n) is 8.00. The summed E-state index contributed by atoms with van der Waals surface area (Å²) in [4.78, 5) is 30.4. The summed E-state index contributed by atoms with van der Waals surface area (Å²) in [5, 5.41) is 0.756. The van der Waals surface area contributed by atoms with Crippen LogP contribution in [-0.4, -0.2) is 28.3 Å². The number of hydrogen-bond donors (Lipinski definition) is 0. The van der Waals surface area contributed by atoms with Gasteiger partial charge in [-0.3, -0.25) is 9.59 Å². The minimum Gasteiger partial charge on any atom is -0.467 e. The van der Waals surface area contributed by atoms with Crippen molar-refractivity contribution >= 4 is 33.4 Å². The molecule has 0 bridgehead atoms. The Kier molecular flexibility index (Phi) is 4.23. The number of furan rings is 1. The van der Waals surface area contributed by atoms with Crippen LogP contribution < -0.4 is 0 Å². The van der Waals surface area contributed by atoms with Crippen molar-refractivity contribution in [1.82, 2.24) is 9.88 Å². The number of likely N-dealkylation sites (tertiary alicyclic amines) is 1. The molecule has 7 heteroatoms. The molecule has 0 saturated carbocycles. The van der Waals surface area contributed by atoms with Crippen LogP contribution in [0.25, 0.3) is 10.2 Å². The standard InChI is InChI=1S/C18H16N2O4S/c21-17-8-12(9-20(17)10-13-4-3-7-23-13)18(22)24-11-16-19-14-5-1-2-6-15(14)25-16/h1-7,12H,8-11H2/t12-/m1/s1. The molecule has 1 fully saturated rings. The highest BCUT2D eigenvalue weighted by atomic mass is 32.1. The fraction of sp³-hybridized carbons (Fsp3) is 0.278. The van der Waals surface area contributed by atoms with Crippen LogP contribution in [0.2, 0.25) is 0 Å². The number of amides is 1. The van der Waals surface area contributed by atoms with Crippen LogP contribution in [0.15, 0.2) is 47.1 Å². The quantitative estimate of drug-likeness (QED) is 0.657. The summed E-state index contributed by atoms with van der Waals surface area (Å²) in [5.74, 6) is -0.137. The van der Waals surface area contributed by atoms with Crippen molar-refractivity contribution in [3.05, 3.63) is 53.4 Å². The van der Waals surface area contributed by atoms with Gasteiger partial charge in [-0.2, -0.15) is 0 Å². The molecule has 4 rings (SSSR count). The molecule has 1 amide bonds. The van der Waals surface area contributed by atoms with Gasteiger partial charge >= 0.3 is 5.97 Å². The van der Waals surface area contributed by atoms with Crippen molar-refractivity contribution in [2.45, 2.75) is 19.6 Å². The molecule has 3 heterocycles. The van der Waals surface area contributed by atoms with Gasteiger partial charge in [0.05, 0.1) is 28.9 Å². The lowest BCUT2D eigenvalue weighted by Crippen LogP contribution is -2.26. The molecule has 0 unspecified atom stereocenters. The molecule has 0 aliphatic carbocycles. The number of carbonyl (C=O) groups is 2. The number of para-hydroxylation sites is 1. The average molecular weight is 356 g/mol. The lowest BCUT2D eigenvalue weighted by molar-refractivity contribution is -0.149. The van der Waals surface area contributed by atoms with Gasteiger partial charge in [-0.25, -0.2) is 4.98 Å². The highest BCUT2D eigenvalue weighted by Crippen LogP contribution is 2.24. The van der Waals surface area contributed by atoms with E-state index in [0.29, 0.717) is 18.8 Å². The van der Waals surface area contributed by atoms with E-state index in [-0.39, 0.29) is 24.9 Å². The minimum atomic E-state index is -0.433. The molecular weight excluding hydrogens is 340 g/mol. The first-order valence-corrected chi connectivity index (χ1v) is 8.82. The molecule has 1 saturated heterocycles. The Bertz CT molecular complexity index is 870. The molecule has 6 nitrogen and oxygen atoms in total. The van der Waals surface area contributed by atoms with E-state index in [1.807, 2.05) is 30.3 Å².